The number of allylic oxidation sites excluding steroid dienone is 3. The highest BCUT2D eigenvalue weighted by molar-refractivity contribution is 8.77. The molecule has 1 saturated heterocycles. The van der Waals surface area contributed by atoms with Crippen LogP contribution in [0.15, 0.2) is 84.1 Å². The highest BCUT2D eigenvalue weighted by Crippen LogP contribution is 2.63. The number of phenols is 2. The van der Waals surface area contributed by atoms with E-state index in [1.54, 1.807) is 20.3 Å². The predicted octanol–water partition coefficient (Wildman–Crippen LogP) is 9.83. The van der Waals surface area contributed by atoms with Gasteiger partial charge in [0.25, 0.3) is 0 Å². The first-order chi connectivity index (χ1) is 39.0. The van der Waals surface area contributed by atoms with Crippen molar-refractivity contribution in [3.05, 3.63) is 129 Å². The first kappa shape index (κ1) is 55.0. The summed E-state index contributed by atoms with van der Waals surface area (Å²) in [6.07, 6.45) is 17.4. The van der Waals surface area contributed by atoms with Crippen LogP contribution in [-0.4, -0.2) is 97.2 Å². The smallest absolute Gasteiger partial charge is 0.302 e. The number of esters is 1. The minimum absolute atomic E-state index is 0.0146. The van der Waals surface area contributed by atoms with E-state index in [2.05, 4.69) is 88.5 Å². The molecule has 11 atom stereocenters. The van der Waals surface area contributed by atoms with E-state index in [4.69, 9.17) is 29.4 Å². The SMILES string of the molecule is COCC[C@H](CO)CNCc1c(O)c2c(c3c1CC#CC1=C(C=CC(N)N1)C[C@@H]1CC[C@@]4(Cc5cc(O)cc(OC)c5-c5ccc6c(c54)O[C@H]3[C@H]6COC(C)=O)C1)C=C[C@H]1N[C@H]3CCC[C@@H](CSS[C@H](Cc4ccccc4)[C@H]1O2)C3. The third kappa shape index (κ3) is 10.9. The Hall–Kier alpha value is -5.57. The van der Waals surface area contributed by atoms with Crippen LogP contribution < -0.4 is 35.9 Å². The summed E-state index contributed by atoms with van der Waals surface area (Å²) in [5, 5.41) is 46.4. The van der Waals surface area contributed by atoms with Gasteiger partial charge in [0.1, 0.15) is 36.1 Å². The van der Waals surface area contributed by atoms with Crippen molar-refractivity contribution in [1.29, 1.82) is 0 Å². The molecule has 1 spiro atoms. The quantitative estimate of drug-likeness (QED) is 0.0381. The molecule has 0 radical (unpaired) electrons. The average molecular weight is 1120 g/mol. The van der Waals surface area contributed by atoms with E-state index in [1.807, 2.05) is 33.7 Å². The van der Waals surface area contributed by atoms with Gasteiger partial charge in [-0.15, -0.1) is 0 Å². The molecule has 0 aromatic heterocycles. The number of carbonyl (C=O) groups is 1. The van der Waals surface area contributed by atoms with E-state index in [-0.39, 0.29) is 60.3 Å². The van der Waals surface area contributed by atoms with Crippen LogP contribution in [0.25, 0.3) is 17.2 Å². The Labute approximate surface area is 478 Å². The number of aliphatic hydroxyl groups is 1. The molecule has 1 unspecified atom stereocenters. The van der Waals surface area contributed by atoms with Gasteiger partial charge in [-0.2, -0.15) is 0 Å². The number of ether oxygens (including phenoxy) is 5. The van der Waals surface area contributed by atoms with Gasteiger partial charge in [0.05, 0.1) is 36.2 Å². The first-order valence-electron chi connectivity index (χ1n) is 29.0. The van der Waals surface area contributed by atoms with Crippen molar-refractivity contribution >= 4 is 33.6 Å². The lowest BCUT2D eigenvalue weighted by Crippen LogP contribution is -2.52. The number of phenolic OH excluding ortho intramolecular Hbond substituents is 2. The number of benzene rings is 4. The fourth-order valence-corrected chi connectivity index (χ4v) is 17.8. The van der Waals surface area contributed by atoms with Crippen molar-refractivity contribution in [2.75, 3.05) is 46.3 Å². The lowest BCUT2D eigenvalue weighted by atomic mass is 9.65. The van der Waals surface area contributed by atoms with Crippen LogP contribution >= 0.6 is 21.6 Å². The minimum atomic E-state index is -0.739. The molecule has 8 aliphatic rings. The summed E-state index contributed by atoms with van der Waals surface area (Å²) in [7, 11) is 7.18. The van der Waals surface area contributed by atoms with Crippen molar-refractivity contribution in [1.82, 2.24) is 16.0 Å². The second kappa shape index (κ2) is 23.7. The summed E-state index contributed by atoms with van der Waals surface area (Å²) in [4.78, 5) is 13.1. The zero-order chi connectivity index (χ0) is 55.1. The summed E-state index contributed by atoms with van der Waals surface area (Å²) < 4.78 is 33.2. The third-order valence-electron chi connectivity index (χ3n) is 18.4. The molecule has 6 bridgehead atoms. The van der Waals surface area contributed by atoms with E-state index in [1.165, 1.54) is 25.3 Å². The molecule has 3 aliphatic carbocycles. The number of methoxy groups -OCH3 is 2. The van der Waals surface area contributed by atoms with E-state index in [9.17, 15) is 20.1 Å². The Kier molecular flexibility index (Phi) is 16.3. The Morgan fingerprint density at radius 1 is 1.04 bits per heavy atom. The number of dihydropyridines is 1. The molecular weight excluding hydrogens is 1040 g/mol. The number of nitrogens with one attached hydrogen (secondary N) is 3. The van der Waals surface area contributed by atoms with Gasteiger partial charge in [0.15, 0.2) is 11.5 Å². The molecule has 5 heterocycles. The predicted molar refractivity (Wildman–Crippen MR) is 316 cm³/mol. The van der Waals surface area contributed by atoms with E-state index in [0.717, 1.165) is 107 Å². The van der Waals surface area contributed by atoms with Crippen molar-refractivity contribution in [2.45, 2.75) is 138 Å². The van der Waals surface area contributed by atoms with E-state index < -0.39 is 30.3 Å². The molecule has 4 aromatic rings. The molecule has 8 N–H and O–H groups in total. The summed E-state index contributed by atoms with van der Waals surface area (Å²) in [5.41, 5.74) is 17.3. The fourth-order valence-electron chi connectivity index (χ4n) is 14.6. The maximum Gasteiger partial charge on any atom is 0.302 e. The van der Waals surface area contributed by atoms with Gasteiger partial charge in [-0.25, -0.2) is 0 Å². The molecule has 15 heteroatoms. The fraction of sp³-hybridized carbons (Fsp3) is 0.492. The van der Waals surface area contributed by atoms with Crippen LogP contribution in [0.3, 0.4) is 0 Å². The van der Waals surface area contributed by atoms with Gasteiger partial charge in [0.2, 0.25) is 0 Å². The largest absolute Gasteiger partial charge is 0.508 e. The highest BCUT2D eigenvalue weighted by Gasteiger charge is 2.52. The Bertz CT molecular complexity index is 3150. The average Bonchev–Trinajstić information content (AvgIpc) is 4.09. The maximum atomic E-state index is 13.4. The zero-order valence-corrected chi connectivity index (χ0v) is 47.8. The molecule has 4 aromatic carbocycles. The lowest BCUT2D eigenvalue weighted by Gasteiger charge is -2.39. The molecule has 13 nitrogen and oxygen atoms in total. The van der Waals surface area contributed by atoms with Gasteiger partial charge in [-0.3, -0.25) is 4.79 Å². The van der Waals surface area contributed by atoms with Gasteiger partial charge >= 0.3 is 5.97 Å². The van der Waals surface area contributed by atoms with Crippen LogP contribution in [0.2, 0.25) is 0 Å². The summed E-state index contributed by atoms with van der Waals surface area (Å²) in [6, 6.07) is 18.7. The molecule has 80 heavy (non-hydrogen) atoms. The Morgan fingerprint density at radius 3 is 2.74 bits per heavy atom. The monoisotopic (exact) mass is 1120 g/mol. The third-order valence-corrected chi connectivity index (χ3v) is 21.4. The summed E-state index contributed by atoms with van der Waals surface area (Å²) in [6.45, 7) is 2.65. The Balaban J connectivity index is 1.10. The van der Waals surface area contributed by atoms with Crippen molar-refractivity contribution in [3.8, 4) is 51.7 Å². The molecule has 12 rings (SSSR count). The maximum absolute atomic E-state index is 13.4. The first-order valence-corrected chi connectivity index (χ1v) is 31.3. The van der Waals surface area contributed by atoms with Gasteiger partial charge < -0.3 is 60.7 Å². The number of aliphatic hydroxyl groups excluding tert-OH is 1. The summed E-state index contributed by atoms with van der Waals surface area (Å²) >= 11 is 0. The second-order valence-electron chi connectivity index (χ2n) is 23.6. The van der Waals surface area contributed by atoms with Crippen molar-refractivity contribution < 1.29 is 43.8 Å². The van der Waals surface area contributed by atoms with Crippen LogP contribution in [0.1, 0.15) is 121 Å². The van der Waals surface area contributed by atoms with Crippen molar-refractivity contribution in [3.63, 3.8) is 0 Å². The second-order valence-corrected chi connectivity index (χ2v) is 26.3. The molecule has 0 amide bonds. The topological polar surface area (TPSA) is 186 Å². The highest BCUT2D eigenvalue weighted by atomic mass is 33.1. The van der Waals surface area contributed by atoms with Gasteiger partial charge in [0, 0.05) is 103 Å². The zero-order valence-electron chi connectivity index (χ0n) is 46.2. The summed E-state index contributed by atoms with van der Waals surface area (Å²) in [5.74, 6) is 10.2. The number of rotatable bonds is 13. The molecular formula is C65H76N4O9S2. The van der Waals surface area contributed by atoms with E-state index in [0.29, 0.717) is 66.5 Å². The number of fused-ring (bicyclic) bond motifs is 11. The van der Waals surface area contributed by atoms with Crippen LogP contribution in [0.4, 0.5) is 0 Å². The number of hydrogen-bond acceptors (Lipinski definition) is 15. The van der Waals surface area contributed by atoms with E-state index >= 15 is 0 Å². The number of aromatic hydroxyl groups is 2. The number of hydrogen-bond donors (Lipinski definition) is 7. The molecule has 2 saturated carbocycles. The Morgan fingerprint density at radius 2 is 1.91 bits per heavy atom. The van der Waals surface area contributed by atoms with Gasteiger partial charge in [-0.1, -0.05) is 94.6 Å². The van der Waals surface area contributed by atoms with Crippen LogP contribution in [0, 0.1) is 29.6 Å². The molecule has 5 aliphatic heterocycles. The minimum Gasteiger partial charge on any atom is -0.508 e. The lowest BCUT2D eigenvalue weighted by molar-refractivity contribution is -0.141. The molecule has 422 valence electrons. The normalized spacial score (nSPS) is 28.2. The van der Waals surface area contributed by atoms with Crippen LogP contribution in [0.5, 0.6) is 28.7 Å². The van der Waals surface area contributed by atoms with Gasteiger partial charge in [-0.05, 0) is 128 Å². The number of nitrogens with two attached hydrogens (primary N) is 1. The molecule has 3 fully saturated rings. The standard InChI is InChI=1S/C65H76N4O9S2/c1-37(71)76-35-51-47-16-17-48-57-43(28-45(72)29-54(57)75-3)31-65-23-21-39(30-65)25-42-15-20-56(66)69-52(42)14-8-13-46-50(33-67-32-41(34-70)22-24-74-2)60(73)63-49(58(46)61(51)77-62(47)59(48)65)18-19-53-64(78-63)55(27-38-9-5-4-6-10-38)80-79-36-40-11-7-12-44(26-40)68-53/h4-6,9-10,15-20,28-29,39-41,44,51,53,55-56,61,64,67-70,72-73H,7,11-13,21-27,30-36,66H2,1-3H3/t39-,40+,41-,44-,51-,53+,55+,56?,61-,64-,65-/m0/s1. The number of carbonyl (C=O) groups excluding carboxylic acids is 1. The van der Waals surface area contributed by atoms with Crippen molar-refractivity contribution in [2.24, 2.45) is 23.5 Å². The van der Waals surface area contributed by atoms with Crippen LogP contribution in [-0.2, 0) is 45.5 Å².